The summed E-state index contributed by atoms with van der Waals surface area (Å²) in [5.74, 6) is -0.648. The van der Waals surface area contributed by atoms with Crippen molar-refractivity contribution >= 4 is 24.1 Å². The number of rotatable bonds is 2. The normalized spacial score (nSPS) is 16.6. The summed E-state index contributed by atoms with van der Waals surface area (Å²) in [6, 6.07) is 9.76. The second-order valence-electron chi connectivity index (χ2n) is 6.96. The van der Waals surface area contributed by atoms with Crippen molar-refractivity contribution in [3.63, 3.8) is 0 Å². The Balaban J connectivity index is 0.00000210. The minimum Gasteiger partial charge on any atom is -0.317 e. The molecule has 0 bridgehead atoms. The van der Waals surface area contributed by atoms with Gasteiger partial charge in [-0.2, -0.15) is 0 Å². The number of carbonyl (C=O) groups excluding carboxylic acids is 1. The van der Waals surface area contributed by atoms with E-state index in [9.17, 15) is 13.6 Å². The summed E-state index contributed by atoms with van der Waals surface area (Å²) < 4.78 is 27.2. The Morgan fingerprint density at radius 3 is 2.48 bits per heavy atom. The van der Waals surface area contributed by atoms with E-state index in [4.69, 9.17) is 0 Å². The van der Waals surface area contributed by atoms with Crippen molar-refractivity contribution in [3.8, 4) is 0 Å². The van der Waals surface area contributed by atoms with Crippen molar-refractivity contribution in [2.45, 2.75) is 31.8 Å². The summed E-state index contributed by atoms with van der Waals surface area (Å²) in [5.41, 5.74) is 2.91. The lowest BCUT2D eigenvalue weighted by atomic mass is 9.90. The summed E-state index contributed by atoms with van der Waals surface area (Å²) in [6.45, 7) is 2.44. The predicted octanol–water partition coefficient (Wildman–Crippen LogP) is 4.40. The van der Waals surface area contributed by atoms with E-state index in [1.807, 2.05) is 12.1 Å². The highest BCUT2D eigenvalue weighted by Crippen LogP contribution is 2.28. The predicted molar refractivity (Wildman–Crippen MR) is 103 cm³/mol. The zero-order valence-electron chi connectivity index (χ0n) is 14.8. The molecule has 2 aromatic carbocycles. The zero-order chi connectivity index (χ0) is 18.1. The van der Waals surface area contributed by atoms with Crippen molar-refractivity contribution in [2.24, 2.45) is 0 Å². The summed E-state index contributed by atoms with van der Waals surface area (Å²) >= 11 is 0. The molecule has 7 heteroatoms. The molecule has 0 unspecified atom stereocenters. The molecule has 2 aromatic rings. The van der Waals surface area contributed by atoms with E-state index in [0.29, 0.717) is 22.7 Å². The topological polar surface area (TPSA) is 44.4 Å². The maximum Gasteiger partial charge on any atom is 0.322 e. The van der Waals surface area contributed by atoms with Crippen molar-refractivity contribution in [3.05, 3.63) is 64.7 Å². The number of halogens is 3. The first-order chi connectivity index (χ1) is 12.6. The van der Waals surface area contributed by atoms with E-state index < -0.39 is 11.6 Å². The van der Waals surface area contributed by atoms with Gasteiger partial charge in [-0.3, -0.25) is 0 Å². The minimum atomic E-state index is -0.614. The summed E-state index contributed by atoms with van der Waals surface area (Å²) in [7, 11) is 0. The summed E-state index contributed by atoms with van der Waals surface area (Å²) in [6.07, 6.45) is 2.25. The molecule has 0 aliphatic carbocycles. The number of nitrogens with one attached hydrogen (secondary N) is 2. The number of hydrogen-bond donors (Lipinski definition) is 2. The Kier molecular flexibility index (Phi) is 5.97. The molecule has 0 atom stereocenters. The van der Waals surface area contributed by atoms with Gasteiger partial charge in [-0.05, 0) is 61.2 Å². The van der Waals surface area contributed by atoms with Crippen molar-refractivity contribution < 1.29 is 13.6 Å². The smallest absolute Gasteiger partial charge is 0.317 e. The third-order valence-electron chi connectivity index (χ3n) is 5.22. The monoisotopic (exact) mass is 393 g/mol. The highest BCUT2D eigenvalue weighted by atomic mass is 35.5. The van der Waals surface area contributed by atoms with Gasteiger partial charge in [0.25, 0.3) is 0 Å². The highest BCUT2D eigenvalue weighted by molar-refractivity contribution is 5.89. The molecular weight excluding hydrogens is 372 g/mol. The number of urea groups is 1. The minimum absolute atomic E-state index is 0. The van der Waals surface area contributed by atoms with Gasteiger partial charge in [-0.15, -0.1) is 12.4 Å². The number of amides is 2. The lowest BCUT2D eigenvalue weighted by molar-refractivity contribution is 0.212. The van der Waals surface area contributed by atoms with Gasteiger partial charge in [0.2, 0.25) is 0 Å². The molecule has 2 heterocycles. The maximum atomic E-state index is 13.8. The second kappa shape index (κ2) is 8.23. The quantitative estimate of drug-likeness (QED) is 0.794. The average Bonchev–Trinajstić information content (AvgIpc) is 3.08. The van der Waals surface area contributed by atoms with Gasteiger partial charge in [0.15, 0.2) is 0 Å². The van der Waals surface area contributed by atoms with Crippen LogP contribution in [0.15, 0.2) is 36.4 Å². The number of benzene rings is 2. The van der Waals surface area contributed by atoms with E-state index in [1.54, 1.807) is 0 Å². The number of anilines is 1. The maximum absolute atomic E-state index is 13.8. The lowest BCUT2D eigenvalue weighted by Gasteiger charge is -2.23. The fraction of sp³-hybridized carbons (Fsp3) is 0.350. The molecule has 2 aliphatic heterocycles. The van der Waals surface area contributed by atoms with Gasteiger partial charge in [0.1, 0.15) is 11.6 Å². The number of fused-ring (bicyclic) bond motifs is 1. The highest BCUT2D eigenvalue weighted by Gasteiger charge is 2.26. The van der Waals surface area contributed by atoms with E-state index >= 15 is 0 Å². The van der Waals surface area contributed by atoms with Crippen molar-refractivity contribution in [1.82, 2.24) is 10.2 Å². The van der Waals surface area contributed by atoms with Gasteiger partial charge in [0.05, 0.1) is 6.54 Å². The largest absolute Gasteiger partial charge is 0.322 e. The molecule has 2 N–H and O–H groups in total. The van der Waals surface area contributed by atoms with Gasteiger partial charge in [0, 0.05) is 23.9 Å². The molecular formula is C20H22ClF2N3O. The second-order valence-corrected chi connectivity index (χ2v) is 6.96. The first-order valence-corrected chi connectivity index (χ1v) is 8.93. The molecule has 0 spiro atoms. The Bertz CT molecular complexity index is 823. The zero-order valence-corrected chi connectivity index (χ0v) is 15.6. The number of carbonyl (C=O) groups is 1. The Morgan fingerprint density at radius 1 is 1.07 bits per heavy atom. The first-order valence-electron chi connectivity index (χ1n) is 8.93. The van der Waals surface area contributed by atoms with Gasteiger partial charge < -0.3 is 15.5 Å². The van der Waals surface area contributed by atoms with Crippen LogP contribution in [-0.2, 0) is 13.1 Å². The SMILES string of the molecule is Cl.O=C(Nc1ccc(C2CCNCC2)cc1)N1Cc2cc(F)cc(F)c2C1. The number of hydrogen-bond acceptors (Lipinski definition) is 2. The van der Waals surface area contributed by atoms with Crippen LogP contribution in [0.4, 0.5) is 19.3 Å². The summed E-state index contributed by atoms with van der Waals surface area (Å²) in [5, 5.41) is 6.20. The van der Waals surface area contributed by atoms with Gasteiger partial charge >= 0.3 is 6.03 Å². The van der Waals surface area contributed by atoms with Crippen LogP contribution in [-0.4, -0.2) is 24.0 Å². The molecule has 0 radical (unpaired) electrons. The van der Waals surface area contributed by atoms with Crippen LogP contribution in [0.1, 0.15) is 35.4 Å². The molecule has 2 amide bonds. The van der Waals surface area contributed by atoms with Crippen LogP contribution < -0.4 is 10.6 Å². The standard InChI is InChI=1S/C20H21F2N3O.ClH/c21-16-9-15-11-25(12-18(15)19(22)10-16)20(26)24-17-3-1-13(2-4-17)14-5-7-23-8-6-14;/h1-4,9-10,14,23H,5-8,11-12H2,(H,24,26);1H. The molecule has 144 valence electrons. The van der Waals surface area contributed by atoms with E-state index in [0.717, 1.165) is 32.0 Å². The summed E-state index contributed by atoms with van der Waals surface area (Å²) in [4.78, 5) is 13.9. The van der Waals surface area contributed by atoms with Crippen LogP contribution >= 0.6 is 12.4 Å². The Hall–Kier alpha value is -2.18. The first kappa shape index (κ1) is 19.6. The van der Waals surface area contributed by atoms with Gasteiger partial charge in [-0.25, -0.2) is 13.6 Å². The molecule has 0 saturated carbocycles. The van der Waals surface area contributed by atoms with E-state index in [1.165, 1.54) is 16.5 Å². The Morgan fingerprint density at radius 2 is 1.78 bits per heavy atom. The molecule has 4 rings (SSSR count). The molecule has 4 nitrogen and oxygen atoms in total. The van der Waals surface area contributed by atoms with Crippen LogP contribution in [0.2, 0.25) is 0 Å². The van der Waals surface area contributed by atoms with Crippen LogP contribution in [0.5, 0.6) is 0 Å². The van der Waals surface area contributed by atoms with E-state index in [-0.39, 0.29) is 31.5 Å². The number of nitrogens with zero attached hydrogens (tertiary/aromatic N) is 1. The Labute approximate surface area is 163 Å². The third-order valence-corrected chi connectivity index (χ3v) is 5.22. The fourth-order valence-corrected chi connectivity index (χ4v) is 3.77. The average molecular weight is 394 g/mol. The van der Waals surface area contributed by atoms with Crippen LogP contribution in [0.3, 0.4) is 0 Å². The van der Waals surface area contributed by atoms with Gasteiger partial charge in [-0.1, -0.05) is 12.1 Å². The molecule has 0 aromatic heterocycles. The van der Waals surface area contributed by atoms with E-state index in [2.05, 4.69) is 22.8 Å². The van der Waals surface area contributed by atoms with Crippen LogP contribution in [0, 0.1) is 11.6 Å². The van der Waals surface area contributed by atoms with Crippen LogP contribution in [0.25, 0.3) is 0 Å². The van der Waals surface area contributed by atoms with Crippen molar-refractivity contribution in [2.75, 3.05) is 18.4 Å². The lowest BCUT2D eigenvalue weighted by Crippen LogP contribution is -2.30. The third kappa shape index (κ3) is 4.22. The van der Waals surface area contributed by atoms with Crippen molar-refractivity contribution in [1.29, 1.82) is 0 Å². The molecule has 1 fully saturated rings. The number of piperidine rings is 1. The fourth-order valence-electron chi connectivity index (χ4n) is 3.77. The molecule has 1 saturated heterocycles. The molecule has 2 aliphatic rings. The molecule has 27 heavy (non-hydrogen) atoms.